The molecule has 0 radical (unpaired) electrons. The predicted octanol–water partition coefficient (Wildman–Crippen LogP) is 3.69. The third kappa shape index (κ3) is 1.78. The topological polar surface area (TPSA) is 47.3 Å². The van der Waals surface area contributed by atoms with Gasteiger partial charge in [-0.3, -0.25) is 9.59 Å². The highest BCUT2D eigenvalue weighted by Gasteiger charge is 2.18. The Morgan fingerprint density at radius 1 is 1.28 bits per heavy atom. The molecule has 0 fully saturated rings. The van der Waals surface area contributed by atoms with Gasteiger partial charge in [-0.05, 0) is 31.6 Å². The van der Waals surface area contributed by atoms with E-state index in [2.05, 4.69) is 12.6 Å². The number of allylic oxidation sites excluding steroid dienone is 1. The van der Waals surface area contributed by atoms with Crippen molar-refractivity contribution in [2.24, 2.45) is 0 Å². The third-order valence-electron chi connectivity index (χ3n) is 2.80. The molecule has 0 spiro atoms. The van der Waals surface area contributed by atoms with Crippen molar-refractivity contribution in [3.8, 4) is 0 Å². The van der Waals surface area contributed by atoms with E-state index in [-0.39, 0.29) is 0 Å². The average Bonchev–Trinajstić information content (AvgIpc) is 2.67. The third-order valence-corrected chi connectivity index (χ3v) is 3.25. The van der Waals surface area contributed by atoms with Crippen molar-refractivity contribution in [2.75, 3.05) is 0 Å². The molecule has 0 N–H and O–H groups in total. The van der Waals surface area contributed by atoms with Crippen LogP contribution in [0.3, 0.4) is 0 Å². The maximum Gasteiger partial charge on any atom is 0.154 e. The zero-order valence-electron chi connectivity index (χ0n) is 10.1. The fourth-order valence-corrected chi connectivity index (χ4v) is 2.31. The summed E-state index contributed by atoms with van der Waals surface area (Å²) in [5.41, 5.74) is 2.08. The van der Waals surface area contributed by atoms with Gasteiger partial charge < -0.3 is 4.42 Å². The Morgan fingerprint density at radius 2 is 2.00 bits per heavy atom. The molecule has 92 valence electrons. The molecular formula is C14H12O3S. The van der Waals surface area contributed by atoms with Crippen LogP contribution in [0.2, 0.25) is 0 Å². The van der Waals surface area contributed by atoms with E-state index in [1.54, 1.807) is 19.1 Å². The highest BCUT2D eigenvalue weighted by Crippen LogP contribution is 2.35. The SMILES string of the molecule is C/C=C/c1oc2c(C=O)c(C)cc(C=O)c2c1S. The number of carbonyl (C=O) groups is 2. The fourth-order valence-electron chi connectivity index (χ4n) is 1.96. The van der Waals surface area contributed by atoms with E-state index in [0.29, 0.717) is 38.3 Å². The lowest BCUT2D eigenvalue weighted by molar-refractivity contribution is 0.111. The van der Waals surface area contributed by atoms with Gasteiger partial charge in [-0.2, -0.15) is 0 Å². The van der Waals surface area contributed by atoms with Crippen LogP contribution >= 0.6 is 12.6 Å². The van der Waals surface area contributed by atoms with E-state index >= 15 is 0 Å². The van der Waals surface area contributed by atoms with Crippen molar-refractivity contribution in [3.05, 3.63) is 34.6 Å². The number of carbonyl (C=O) groups excluding carboxylic acids is 2. The summed E-state index contributed by atoms with van der Waals surface area (Å²) in [6, 6.07) is 1.67. The van der Waals surface area contributed by atoms with Crippen molar-refractivity contribution in [2.45, 2.75) is 18.7 Å². The first-order valence-electron chi connectivity index (χ1n) is 5.46. The van der Waals surface area contributed by atoms with Gasteiger partial charge in [0.1, 0.15) is 11.3 Å². The molecule has 0 amide bonds. The Morgan fingerprint density at radius 3 is 2.56 bits per heavy atom. The van der Waals surface area contributed by atoms with Gasteiger partial charge in [0.05, 0.1) is 10.5 Å². The Kier molecular flexibility index (Phi) is 3.39. The monoisotopic (exact) mass is 260 g/mol. The molecule has 0 saturated heterocycles. The van der Waals surface area contributed by atoms with Gasteiger partial charge >= 0.3 is 0 Å². The largest absolute Gasteiger partial charge is 0.455 e. The first-order valence-corrected chi connectivity index (χ1v) is 5.90. The number of benzene rings is 1. The summed E-state index contributed by atoms with van der Waals surface area (Å²) in [4.78, 5) is 22.8. The Balaban J connectivity index is 2.98. The second-order valence-corrected chi connectivity index (χ2v) is 4.40. The Hall–Kier alpha value is -1.81. The highest BCUT2D eigenvalue weighted by molar-refractivity contribution is 7.80. The highest BCUT2D eigenvalue weighted by atomic mass is 32.1. The summed E-state index contributed by atoms with van der Waals surface area (Å²) in [5, 5.41) is 0.592. The minimum atomic E-state index is 0.421. The normalized spacial score (nSPS) is 11.3. The molecule has 0 aliphatic carbocycles. The Bertz CT molecular complexity index is 665. The molecule has 0 aliphatic rings. The summed E-state index contributed by atoms with van der Waals surface area (Å²) in [5.74, 6) is 0.549. The van der Waals surface area contributed by atoms with Crippen LogP contribution in [0.5, 0.6) is 0 Å². The van der Waals surface area contributed by atoms with Crippen LogP contribution in [0.4, 0.5) is 0 Å². The average molecular weight is 260 g/mol. The van der Waals surface area contributed by atoms with E-state index in [4.69, 9.17) is 4.42 Å². The number of hydrogen-bond acceptors (Lipinski definition) is 4. The van der Waals surface area contributed by atoms with Crippen LogP contribution < -0.4 is 0 Å². The lowest BCUT2D eigenvalue weighted by Crippen LogP contribution is -1.91. The lowest BCUT2D eigenvalue weighted by Gasteiger charge is -2.02. The Labute approximate surface area is 110 Å². The molecular weight excluding hydrogens is 248 g/mol. The quantitative estimate of drug-likeness (QED) is 0.676. The van der Waals surface area contributed by atoms with Gasteiger partial charge in [-0.1, -0.05) is 6.08 Å². The summed E-state index contributed by atoms with van der Waals surface area (Å²) >= 11 is 4.37. The zero-order valence-corrected chi connectivity index (χ0v) is 11.0. The molecule has 0 aliphatic heterocycles. The van der Waals surface area contributed by atoms with Crippen molar-refractivity contribution in [3.63, 3.8) is 0 Å². The van der Waals surface area contributed by atoms with Crippen LogP contribution in [0.15, 0.2) is 21.5 Å². The van der Waals surface area contributed by atoms with Crippen molar-refractivity contribution < 1.29 is 14.0 Å². The van der Waals surface area contributed by atoms with Gasteiger partial charge in [-0.25, -0.2) is 0 Å². The molecule has 0 unspecified atom stereocenters. The molecule has 0 bridgehead atoms. The first-order chi connectivity index (χ1) is 8.63. The lowest BCUT2D eigenvalue weighted by atomic mass is 10.0. The summed E-state index contributed by atoms with van der Waals surface area (Å²) in [7, 11) is 0. The minimum absolute atomic E-state index is 0.421. The standard InChI is InChI=1S/C14H12O3S/c1-3-4-11-14(18)12-9(6-15)5-8(2)10(7-16)13(12)17-11/h3-7,18H,1-2H3/b4-3+. The van der Waals surface area contributed by atoms with E-state index < -0.39 is 0 Å². The number of rotatable bonds is 3. The summed E-state index contributed by atoms with van der Waals surface area (Å²) in [6.07, 6.45) is 5.05. The zero-order chi connectivity index (χ0) is 13.3. The van der Waals surface area contributed by atoms with Gasteiger partial charge in [-0.15, -0.1) is 12.6 Å². The van der Waals surface area contributed by atoms with Crippen molar-refractivity contribution >= 4 is 42.2 Å². The maximum atomic E-state index is 11.1. The first kappa shape index (κ1) is 12.6. The maximum absolute atomic E-state index is 11.1. The van der Waals surface area contributed by atoms with Gasteiger partial charge in [0.15, 0.2) is 12.6 Å². The molecule has 1 aromatic heterocycles. The minimum Gasteiger partial charge on any atom is -0.455 e. The van der Waals surface area contributed by atoms with Crippen LogP contribution in [0.25, 0.3) is 17.0 Å². The van der Waals surface area contributed by atoms with E-state index in [1.165, 1.54) is 0 Å². The van der Waals surface area contributed by atoms with Crippen LogP contribution in [0, 0.1) is 6.92 Å². The van der Waals surface area contributed by atoms with Crippen molar-refractivity contribution in [1.82, 2.24) is 0 Å². The molecule has 2 aromatic rings. The molecule has 2 rings (SSSR count). The second kappa shape index (κ2) is 4.82. The number of fused-ring (bicyclic) bond motifs is 1. The molecule has 18 heavy (non-hydrogen) atoms. The number of thiol groups is 1. The number of aldehydes is 2. The number of hydrogen-bond donors (Lipinski definition) is 1. The summed E-state index contributed by atoms with van der Waals surface area (Å²) in [6.45, 7) is 3.62. The van der Waals surface area contributed by atoms with Crippen molar-refractivity contribution in [1.29, 1.82) is 0 Å². The van der Waals surface area contributed by atoms with Crippen LogP contribution in [-0.2, 0) is 0 Å². The molecule has 0 saturated carbocycles. The molecule has 4 heteroatoms. The fraction of sp³-hybridized carbons (Fsp3) is 0.143. The van der Waals surface area contributed by atoms with Crippen LogP contribution in [-0.4, -0.2) is 12.6 Å². The molecule has 1 aromatic carbocycles. The van der Waals surface area contributed by atoms with Crippen LogP contribution in [0.1, 0.15) is 39.0 Å². The summed E-state index contributed by atoms with van der Waals surface area (Å²) < 4.78 is 5.63. The van der Waals surface area contributed by atoms with Gasteiger partial charge in [0, 0.05) is 10.9 Å². The number of furan rings is 1. The predicted molar refractivity (Wildman–Crippen MR) is 73.7 cm³/mol. The molecule has 0 atom stereocenters. The van der Waals surface area contributed by atoms with E-state index in [0.717, 1.165) is 12.6 Å². The molecule has 3 nitrogen and oxygen atoms in total. The van der Waals surface area contributed by atoms with Gasteiger partial charge in [0.25, 0.3) is 0 Å². The van der Waals surface area contributed by atoms with Gasteiger partial charge in [0.2, 0.25) is 0 Å². The van der Waals surface area contributed by atoms with E-state index in [1.807, 2.05) is 13.0 Å². The smallest absolute Gasteiger partial charge is 0.154 e. The second-order valence-electron chi connectivity index (χ2n) is 3.95. The molecule has 1 heterocycles. The number of aryl methyl sites for hydroxylation is 1. The van der Waals surface area contributed by atoms with E-state index in [9.17, 15) is 9.59 Å².